The van der Waals surface area contributed by atoms with Gasteiger partial charge in [-0.2, -0.15) is 13.2 Å². The van der Waals surface area contributed by atoms with Crippen LogP contribution >= 0.6 is 0 Å². The fourth-order valence-electron chi connectivity index (χ4n) is 5.20. The number of methoxy groups -OCH3 is 2. The summed E-state index contributed by atoms with van der Waals surface area (Å²) >= 11 is 0. The van der Waals surface area contributed by atoms with E-state index in [1.165, 1.54) is 13.2 Å². The van der Waals surface area contributed by atoms with Gasteiger partial charge in [0.25, 0.3) is 10.0 Å². The number of esters is 1. The van der Waals surface area contributed by atoms with Crippen molar-refractivity contribution in [2.24, 2.45) is 0 Å². The Labute approximate surface area is 236 Å². The molecule has 0 bridgehead atoms. The molecule has 218 valence electrons. The molecular weight excluding hydrogens is 561 g/mol. The number of carbonyl (C=O) groups excluding carboxylic acids is 1. The van der Waals surface area contributed by atoms with Crippen LogP contribution < -0.4 is 13.9 Å². The first-order valence-electron chi connectivity index (χ1n) is 12.9. The standard InChI is InChI=1S/C28H29F3N4O5S/c1-39-23-7-3-5-19(13-23)20-14-25-27(32-16-20)34-12-11-33(10-9-26(36)40-2)17-22(34)18-35(25)41(37,38)24-8-4-6-21(15-24)28(29,30)31/h3-8,13-16,22H,9-12,17-18H2,1-2H3/t22-/m0/s1. The van der Waals surface area contributed by atoms with Crippen molar-refractivity contribution in [3.63, 3.8) is 0 Å². The number of fused-ring (bicyclic) bond motifs is 3. The van der Waals surface area contributed by atoms with Crippen LogP contribution in [0.25, 0.3) is 11.1 Å². The second kappa shape index (κ2) is 11.2. The Kier molecular flexibility index (Phi) is 7.84. The number of nitrogens with zero attached hydrogens (tertiary/aromatic N) is 4. The molecule has 1 saturated heterocycles. The molecule has 1 fully saturated rings. The maximum absolute atomic E-state index is 14.0. The van der Waals surface area contributed by atoms with E-state index in [0.29, 0.717) is 49.4 Å². The van der Waals surface area contributed by atoms with Gasteiger partial charge in [0.05, 0.1) is 49.4 Å². The van der Waals surface area contributed by atoms with Gasteiger partial charge in [0.2, 0.25) is 0 Å². The maximum atomic E-state index is 14.0. The van der Waals surface area contributed by atoms with Gasteiger partial charge in [-0.3, -0.25) is 14.0 Å². The number of anilines is 2. The first-order valence-corrected chi connectivity index (χ1v) is 14.4. The number of pyridine rings is 1. The lowest BCUT2D eigenvalue weighted by molar-refractivity contribution is -0.141. The summed E-state index contributed by atoms with van der Waals surface area (Å²) in [5.41, 5.74) is 0.599. The summed E-state index contributed by atoms with van der Waals surface area (Å²) in [6.07, 6.45) is -2.87. The van der Waals surface area contributed by atoms with E-state index in [2.05, 4.69) is 4.98 Å². The first kappa shape index (κ1) is 28.7. The van der Waals surface area contributed by atoms with E-state index in [-0.39, 0.29) is 30.7 Å². The number of halogens is 3. The van der Waals surface area contributed by atoms with Gasteiger partial charge in [-0.1, -0.05) is 18.2 Å². The average Bonchev–Trinajstić information content (AvgIpc) is 2.98. The largest absolute Gasteiger partial charge is 0.497 e. The number of hydrogen-bond donors (Lipinski definition) is 0. The molecule has 3 heterocycles. The van der Waals surface area contributed by atoms with E-state index in [1.54, 1.807) is 37.6 Å². The molecule has 0 unspecified atom stereocenters. The molecule has 41 heavy (non-hydrogen) atoms. The molecule has 0 aliphatic carbocycles. The molecule has 9 nitrogen and oxygen atoms in total. The van der Waals surface area contributed by atoms with Gasteiger partial charge in [-0.25, -0.2) is 13.4 Å². The lowest BCUT2D eigenvalue weighted by Crippen LogP contribution is -2.61. The van der Waals surface area contributed by atoms with Crippen molar-refractivity contribution in [1.82, 2.24) is 9.88 Å². The third-order valence-electron chi connectivity index (χ3n) is 7.34. The van der Waals surface area contributed by atoms with Crippen LogP contribution in [0.2, 0.25) is 0 Å². The minimum atomic E-state index is -4.70. The van der Waals surface area contributed by atoms with E-state index in [4.69, 9.17) is 9.47 Å². The van der Waals surface area contributed by atoms with Crippen molar-refractivity contribution in [3.8, 4) is 16.9 Å². The summed E-state index contributed by atoms with van der Waals surface area (Å²) in [4.78, 5) is 20.0. The fourth-order valence-corrected chi connectivity index (χ4v) is 6.74. The molecule has 2 aromatic carbocycles. The predicted molar refractivity (Wildman–Crippen MR) is 146 cm³/mol. The summed E-state index contributed by atoms with van der Waals surface area (Å²) in [6, 6.07) is 12.3. The van der Waals surface area contributed by atoms with Crippen LogP contribution in [0, 0.1) is 0 Å². The molecule has 1 aromatic heterocycles. The van der Waals surface area contributed by atoms with Crippen molar-refractivity contribution < 1.29 is 35.9 Å². The highest BCUT2D eigenvalue weighted by Gasteiger charge is 2.41. The predicted octanol–water partition coefficient (Wildman–Crippen LogP) is 4.04. The highest BCUT2D eigenvalue weighted by molar-refractivity contribution is 7.92. The van der Waals surface area contributed by atoms with Crippen LogP contribution in [-0.4, -0.2) is 77.3 Å². The number of benzene rings is 2. The minimum Gasteiger partial charge on any atom is -0.497 e. The van der Waals surface area contributed by atoms with E-state index in [9.17, 15) is 26.4 Å². The number of aromatic nitrogens is 1. The number of piperazine rings is 1. The van der Waals surface area contributed by atoms with Crippen molar-refractivity contribution in [3.05, 3.63) is 66.4 Å². The number of alkyl halides is 3. The number of ether oxygens (including phenoxy) is 2. The second-order valence-corrected chi connectivity index (χ2v) is 11.7. The maximum Gasteiger partial charge on any atom is 0.416 e. The lowest BCUT2D eigenvalue weighted by atomic mass is 10.0. The van der Waals surface area contributed by atoms with Crippen molar-refractivity contribution >= 4 is 27.5 Å². The molecule has 13 heteroatoms. The quantitative estimate of drug-likeness (QED) is 0.381. The normalized spacial score (nSPS) is 17.5. The van der Waals surface area contributed by atoms with Gasteiger partial charge in [-0.05, 0) is 42.0 Å². The lowest BCUT2D eigenvalue weighted by Gasteiger charge is -2.48. The van der Waals surface area contributed by atoms with Crippen LogP contribution in [-0.2, 0) is 25.7 Å². The molecule has 0 N–H and O–H groups in total. The van der Waals surface area contributed by atoms with E-state index < -0.39 is 26.7 Å². The summed E-state index contributed by atoms with van der Waals surface area (Å²) in [6.45, 7) is 2.01. The van der Waals surface area contributed by atoms with Crippen molar-refractivity contribution in [2.75, 3.05) is 56.1 Å². The Morgan fingerprint density at radius 1 is 1.02 bits per heavy atom. The zero-order valence-electron chi connectivity index (χ0n) is 22.5. The molecule has 3 aromatic rings. The van der Waals surface area contributed by atoms with Crippen molar-refractivity contribution in [2.45, 2.75) is 23.5 Å². The van der Waals surface area contributed by atoms with Crippen LogP contribution in [0.4, 0.5) is 24.7 Å². The smallest absolute Gasteiger partial charge is 0.416 e. The van der Waals surface area contributed by atoms with E-state index >= 15 is 0 Å². The van der Waals surface area contributed by atoms with Gasteiger partial charge in [0, 0.05) is 37.9 Å². The molecule has 2 aliphatic rings. The highest BCUT2D eigenvalue weighted by Crippen LogP contribution is 2.41. The third kappa shape index (κ3) is 5.82. The number of sulfonamides is 1. The zero-order valence-corrected chi connectivity index (χ0v) is 23.3. The molecule has 1 atom stereocenters. The Morgan fingerprint density at radius 3 is 2.54 bits per heavy atom. The molecule has 0 spiro atoms. The Morgan fingerprint density at radius 2 is 1.80 bits per heavy atom. The summed E-state index contributed by atoms with van der Waals surface area (Å²) < 4.78 is 79.7. The molecule has 2 aliphatic heterocycles. The summed E-state index contributed by atoms with van der Waals surface area (Å²) in [7, 11) is -1.56. The van der Waals surface area contributed by atoms with Crippen molar-refractivity contribution in [1.29, 1.82) is 0 Å². The Balaban J connectivity index is 1.57. The third-order valence-corrected chi connectivity index (χ3v) is 9.12. The summed E-state index contributed by atoms with van der Waals surface area (Å²) in [5.74, 6) is 0.690. The van der Waals surface area contributed by atoms with Crippen LogP contribution in [0.3, 0.4) is 0 Å². The average molecular weight is 591 g/mol. The van der Waals surface area contributed by atoms with Gasteiger partial charge >= 0.3 is 12.1 Å². The van der Waals surface area contributed by atoms with Crippen LogP contribution in [0.1, 0.15) is 12.0 Å². The van der Waals surface area contributed by atoms with Gasteiger partial charge in [0.15, 0.2) is 5.82 Å². The molecule has 0 saturated carbocycles. The first-order chi connectivity index (χ1) is 19.5. The van der Waals surface area contributed by atoms with E-state index in [0.717, 1.165) is 22.0 Å². The van der Waals surface area contributed by atoms with Gasteiger partial charge in [-0.15, -0.1) is 0 Å². The van der Waals surface area contributed by atoms with Crippen LogP contribution in [0.15, 0.2) is 65.7 Å². The highest BCUT2D eigenvalue weighted by atomic mass is 32.2. The summed E-state index contributed by atoms with van der Waals surface area (Å²) in [5, 5.41) is 0. The second-order valence-electron chi connectivity index (χ2n) is 9.83. The Bertz CT molecular complexity index is 1550. The van der Waals surface area contributed by atoms with Gasteiger partial charge in [0.1, 0.15) is 5.75 Å². The molecule has 5 rings (SSSR count). The molecule has 0 radical (unpaired) electrons. The number of hydrogen-bond acceptors (Lipinski definition) is 8. The molecule has 0 amide bonds. The van der Waals surface area contributed by atoms with E-state index in [1.807, 2.05) is 15.9 Å². The fraction of sp³-hybridized carbons (Fsp3) is 0.357. The topological polar surface area (TPSA) is 92.3 Å². The Hall–Kier alpha value is -3.84. The van der Waals surface area contributed by atoms with Gasteiger partial charge < -0.3 is 14.4 Å². The monoisotopic (exact) mass is 590 g/mol. The SMILES string of the molecule is COC(=O)CCN1CCN2c3ncc(-c4cccc(OC)c4)cc3N(S(=O)(=O)c3cccc(C(F)(F)F)c3)C[C@@H]2C1. The zero-order chi connectivity index (χ0) is 29.4. The number of carbonyl (C=O) groups is 1. The molecular formula is C28H29F3N4O5S. The minimum absolute atomic E-state index is 0.0104. The van der Waals surface area contributed by atoms with Crippen LogP contribution in [0.5, 0.6) is 5.75 Å². The number of rotatable bonds is 7.